The quantitative estimate of drug-likeness (QED) is 0.644. The summed E-state index contributed by atoms with van der Waals surface area (Å²) in [7, 11) is 3.67. The first-order valence-electron chi connectivity index (χ1n) is 4.16. The van der Waals surface area contributed by atoms with Crippen LogP contribution in [-0.4, -0.2) is 39.5 Å². The zero-order valence-electron chi connectivity index (χ0n) is 7.30. The Morgan fingerprint density at radius 3 is 3.00 bits per heavy atom. The van der Waals surface area contributed by atoms with Crippen LogP contribution in [0.25, 0.3) is 0 Å². The molecule has 1 fully saturated rings. The van der Waals surface area contributed by atoms with Gasteiger partial charge in [0.15, 0.2) is 0 Å². The molecular formula is C8H17NO2. The van der Waals surface area contributed by atoms with Gasteiger partial charge in [-0.1, -0.05) is 0 Å². The maximum atomic E-state index is 5.52. The van der Waals surface area contributed by atoms with Crippen LogP contribution in [0.15, 0.2) is 0 Å². The van der Waals surface area contributed by atoms with Crippen molar-refractivity contribution in [3.05, 3.63) is 0 Å². The van der Waals surface area contributed by atoms with E-state index in [0.29, 0.717) is 12.1 Å². The summed E-state index contributed by atoms with van der Waals surface area (Å²) in [6.45, 7) is 1.65. The lowest BCUT2D eigenvalue weighted by Crippen LogP contribution is -2.40. The molecule has 1 N–H and O–H groups in total. The monoisotopic (exact) mass is 159 g/mol. The highest BCUT2D eigenvalue weighted by Gasteiger charge is 2.24. The molecule has 1 aliphatic heterocycles. The van der Waals surface area contributed by atoms with Gasteiger partial charge in [0.2, 0.25) is 0 Å². The molecule has 2 unspecified atom stereocenters. The molecule has 1 rings (SSSR count). The van der Waals surface area contributed by atoms with Gasteiger partial charge in [0.25, 0.3) is 0 Å². The Morgan fingerprint density at radius 2 is 2.55 bits per heavy atom. The lowest BCUT2D eigenvalue weighted by atomic mass is 10.1. The molecular weight excluding hydrogens is 142 g/mol. The van der Waals surface area contributed by atoms with Gasteiger partial charge in [-0.2, -0.15) is 0 Å². The smallest absolute Gasteiger partial charge is 0.0751 e. The standard InChI is InChI=1S/C8H17NO2/c1-9-7(6-10-2)8-4-3-5-11-8/h7-9H,3-6H2,1-2H3. The van der Waals surface area contributed by atoms with Crippen LogP contribution in [0.3, 0.4) is 0 Å². The van der Waals surface area contributed by atoms with Crippen LogP contribution >= 0.6 is 0 Å². The summed E-state index contributed by atoms with van der Waals surface area (Å²) in [4.78, 5) is 0. The fourth-order valence-electron chi connectivity index (χ4n) is 1.48. The molecule has 1 heterocycles. The first-order chi connectivity index (χ1) is 5.38. The van der Waals surface area contributed by atoms with Gasteiger partial charge in [0.1, 0.15) is 0 Å². The molecule has 3 nitrogen and oxygen atoms in total. The molecule has 1 aliphatic rings. The summed E-state index contributed by atoms with van der Waals surface area (Å²) in [5.74, 6) is 0. The summed E-state index contributed by atoms with van der Waals surface area (Å²) < 4.78 is 10.6. The highest BCUT2D eigenvalue weighted by Crippen LogP contribution is 2.15. The van der Waals surface area contributed by atoms with Crippen molar-refractivity contribution in [3.63, 3.8) is 0 Å². The van der Waals surface area contributed by atoms with E-state index in [1.54, 1.807) is 7.11 Å². The largest absolute Gasteiger partial charge is 0.383 e. The van der Waals surface area contributed by atoms with E-state index in [2.05, 4.69) is 5.32 Å². The van der Waals surface area contributed by atoms with Crippen molar-refractivity contribution in [2.24, 2.45) is 0 Å². The molecule has 11 heavy (non-hydrogen) atoms. The molecule has 0 amide bonds. The minimum atomic E-state index is 0.361. The molecule has 0 aliphatic carbocycles. The molecule has 0 saturated carbocycles. The number of nitrogens with one attached hydrogen (secondary N) is 1. The molecule has 0 aromatic rings. The summed E-state index contributed by atoms with van der Waals surface area (Å²) >= 11 is 0. The first-order valence-corrected chi connectivity index (χ1v) is 4.16. The van der Waals surface area contributed by atoms with E-state index in [1.165, 1.54) is 6.42 Å². The van der Waals surface area contributed by atoms with E-state index < -0.39 is 0 Å². The second-order valence-corrected chi connectivity index (χ2v) is 2.90. The van der Waals surface area contributed by atoms with Crippen molar-refractivity contribution < 1.29 is 9.47 Å². The van der Waals surface area contributed by atoms with Crippen molar-refractivity contribution in [3.8, 4) is 0 Å². The van der Waals surface area contributed by atoms with Gasteiger partial charge in [-0.05, 0) is 19.9 Å². The number of likely N-dealkylation sites (N-methyl/N-ethyl adjacent to an activating group) is 1. The van der Waals surface area contributed by atoms with Crippen LogP contribution in [0, 0.1) is 0 Å². The van der Waals surface area contributed by atoms with Gasteiger partial charge in [-0.25, -0.2) is 0 Å². The third-order valence-electron chi connectivity index (χ3n) is 2.13. The van der Waals surface area contributed by atoms with Crippen molar-refractivity contribution in [1.82, 2.24) is 5.32 Å². The normalized spacial score (nSPS) is 27.3. The first kappa shape index (κ1) is 8.97. The van der Waals surface area contributed by atoms with Crippen molar-refractivity contribution >= 4 is 0 Å². The predicted octanol–water partition coefficient (Wildman–Crippen LogP) is 0.400. The maximum Gasteiger partial charge on any atom is 0.0751 e. The van der Waals surface area contributed by atoms with Gasteiger partial charge in [-0.3, -0.25) is 0 Å². The average Bonchev–Trinajstić information content (AvgIpc) is 2.52. The van der Waals surface area contributed by atoms with E-state index >= 15 is 0 Å². The second-order valence-electron chi connectivity index (χ2n) is 2.90. The molecule has 0 aromatic carbocycles. The number of ether oxygens (including phenoxy) is 2. The Morgan fingerprint density at radius 1 is 1.73 bits per heavy atom. The second kappa shape index (κ2) is 4.70. The van der Waals surface area contributed by atoms with Crippen LogP contribution in [0.5, 0.6) is 0 Å². The van der Waals surface area contributed by atoms with Crippen LogP contribution in [0.1, 0.15) is 12.8 Å². The van der Waals surface area contributed by atoms with Gasteiger partial charge in [0, 0.05) is 13.7 Å². The minimum Gasteiger partial charge on any atom is -0.383 e. The minimum absolute atomic E-state index is 0.361. The molecule has 2 atom stereocenters. The van der Waals surface area contributed by atoms with E-state index in [1.807, 2.05) is 7.05 Å². The van der Waals surface area contributed by atoms with E-state index in [9.17, 15) is 0 Å². The van der Waals surface area contributed by atoms with Crippen molar-refractivity contribution in [2.75, 3.05) is 27.4 Å². The van der Waals surface area contributed by atoms with Gasteiger partial charge in [-0.15, -0.1) is 0 Å². The van der Waals surface area contributed by atoms with E-state index in [4.69, 9.17) is 9.47 Å². The van der Waals surface area contributed by atoms with E-state index in [-0.39, 0.29) is 0 Å². The third kappa shape index (κ3) is 2.43. The van der Waals surface area contributed by atoms with Crippen LogP contribution in [0.4, 0.5) is 0 Å². The fourth-order valence-corrected chi connectivity index (χ4v) is 1.48. The summed E-state index contributed by atoms with van der Waals surface area (Å²) in [6, 6.07) is 0.363. The predicted molar refractivity (Wildman–Crippen MR) is 43.7 cm³/mol. The van der Waals surface area contributed by atoms with Gasteiger partial charge >= 0.3 is 0 Å². The Kier molecular flexibility index (Phi) is 3.83. The lowest BCUT2D eigenvalue weighted by Gasteiger charge is -2.21. The third-order valence-corrected chi connectivity index (χ3v) is 2.13. The molecule has 1 saturated heterocycles. The Balaban J connectivity index is 2.27. The van der Waals surface area contributed by atoms with Crippen molar-refractivity contribution in [1.29, 1.82) is 0 Å². The Labute approximate surface area is 68.1 Å². The maximum absolute atomic E-state index is 5.52. The Hall–Kier alpha value is -0.120. The summed E-state index contributed by atoms with van der Waals surface area (Å²) in [5.41, 5.74) is 0. The highest BCUT2D eigenvalue weighted by molar-refractivity contribution is 4.78. The summed E-state index contributed by atoms with van der Waals surface area (Å²) in [5, 5.41) is 3.19. The lowest BCUT2D eigenvalue weighted by molar-refractivity contribution is 0.0463. The zero-order valence-corrected chi connectivity index (χ0v) is 7.30. The van der Waals surface area contributed by atoms with E-state index in [0.717, 1.165) is 19.6 Å². The van der Waals surface area contributed by atoms with Gasteiger partial charge < -0.3 is 14.8 Å². The van der Waals surface area contributed by atoms with Crippen LogP contribution in [0.2, 0.25) is 0 Å². The molecule has 0 aromatic heterocycles. The SMILES string of the molecule is CNC(COC)C1CCCO1. The van der Waals surface area contributed by atoms with Crippen LogP contribution in [-0.2, 0) is 9.47 Å². The molecule has 0 bridgehead atoms. The topological polar surface area (TPSA) is 30.5 Å². The van der Waals surface area contributed by atoms with Gasteiger partial charge in [0.05, 0.1) is 18.8 Å². The molecule has 3 heteroatoms. The number of rotatable bonds is 4. The number of hydrogen-bond donors (Lipinski definition) is 1. The molecule has 66 valence electrons. The number of methoxy groups -OCH3 is 1. The molecule has 0 radical (unpaired) electrons. The number of hydrogen-bond acceptors (Lipinski definition) is 3. The zero-order chi connectivity index (χ0) is 8.10. The average molecular weight is 159 g/mol. The van der Waals surface area contributed by atoms with Crippen LogP contribution < -0.4 is 5.32 Å². The Bertz CT molecular complexity index is 102. The van der Waals surface area contributed by atoms with Crippen molar-refractivity contribution in [2.45, 2.75) is 25.0 Å². The highest BCUT2D eigenvalue weighted by atomic mass is 16.5. The fraction of sp³-hybridized carbons (Fsp3) is 1.00. The molecule has 0 spiro atoms. The summed E-state index contributed by atoms with van der Waals surface area (Å²) in [6.07, 6.45) is 2.71.